The summed E-state index contributed by atoms with van der Waals surface area (Å²) in [4.78, 5) is 4.13. The average molecular weight is 130 g/mol. The molecule has 1 heterocycles. The Bertz CT molecular complexity index is 122. The molecule has 1 aliphatic heterocycles. The van der Waals surface area contributed by atoms with E-state index in [2.05, 4.69) is 18.8 Å². The first-order valence-electron chi connectivity index (χ1n) is 2.70. The van der Waals surface area contributed by atoms with E-state index in [4.69, 9.17) is 5.73 Å². The number of amidine groups is 1. The smallest absolute Gasteiger partial charge is 0.154 e. The van der Waals surface area contributed by atoms with E-state index >= 15 is 0 Å². The maximum atomic E-state index is 5.43. The number of hydrogen-bond acceptors (Lipinski definition) is 3. The second-order valence-corrected chi connectivity index (χ2v) is 3.43. The molecule has 2 nitrogen and oxygen atoms in total. The quantitative estimate of drug-likeness (QED) is 0.527. The van der Waals surface area contributed by atoms with Gasteiger partial charge in [-0.25, -0.2) is 0 Å². The lowest BCUT2D eigenvalue weighted by Gasteiger charge is -2.01. The van der Waals surface area contributed by atoms with Crippen LogP contribution in [0.15, 0.2) is 4.99 Å². The van der Waals surface area contributed by atoms with E-state index < -0.39 is 0 Å². The zero-order chi connectivity index (χ0) is 6.15. The molecular weight excluding hydrogens is 120 g/mol. The Morgan fingerprint density at radius 2 is 2.25 bits per heavy atom. The van der Waals surface area contributed by atoms with Crippen molar-refractivity contribution in [3.05, 3.63) is 0 Å². The Hall–Kier alpha value is -0.180. The van der Waals surface area contributed by atoms with Gasteiger partial charge in [0.25, 0.3) is 0 Å². The summed E-state index contributed by atoms with van der Waals surface area (Å²) in [5.41, 5.74) is 5.43. The van der Waals surface area contributed by atoms with Crippen LogP contribution in [0.3, 0.4) is 0 Å². The zero-order valence-corrected chi connectivity index (χ0v) is 5.90. The first-order chi connectivity index (χ1) is 3.70. The van der Waals surface area contributed by atoms with Crippen LogP contribution < -0.4 is 5.73 Å². The topological polar surface area (TPSA) is 38.4 Å². The number of nitrogens with two attached hydrogens (primary N) is 1. The third kappa shape index (κ3) is 0.968. The lowest BCUT2D eigenvalue weighted by molar-refractivity contribution is 0.749. The fourth-order valence-corrected chi connectivity index (χ4v) is 1.49. The van der Waals surface area contributed by atoms with Gasteiger partial charge in [-0.1, -0.05) is 18.7 Å². The predicted molar refractivity (Wildman–Crippen MR) is 38.1 cm³/mol. The molecule has 1 rings (SSSR count). The number of thioether (sulfide) groups is 1. The first-order valence-corrected chi connectivity index (χ1v) is 3.58. The highest BCUT2D eigenvalue weighted by atomic mass is 32.2. The maximum Gasteiger partial charge on any atom is 0.154 e. The van der Waals surface area contributed by atoms with Crippen LogP contribution in [0.1, 0.15) is 13.8 Å². The third-order valence-electron chi connectivity index (χ3n) is 1.32. The van der Waals surface area contributed by atoms with Crippen LogP contribution in [0.5, 0.6) is 0 Å². The van der Waals surface area contributed by atoms with Crippen molar-refractivity contribution >= 4 is 16.9 Å². The Morgan fingerprint density at radius 3 is 2.38 bits per heavy atom. The minimum absolute atomic E-state index is 0.417. The molecule has 0 unspecified atom stereocenters. The highest BCUT2D eigenvalue weighted by molar-refractivity contribution is 8.14. The van der Waals surface area contributed by atoms with Crippen molar-refractivity contribution in [1.29, 1.82) is 0 Å². The molecule has 8 heavy (non-hydrogen) atoms. The predicted octanol–water partition coefficient (Wildman–Crippen LogP) is 0.825. The monoisotopic (exact) mass is 130 g/mol. The van der Waals surface area contributed by atoms with Crippen molar-refractivity contribution in [3.63, 3.8) is 0 Å². The molecule has 2 N–H and O–H groups in total. The van der Waals surface area contributed by atoms with Gasteiger partial charge in [0.15, 0.2) is 5.17 Å². The Labute approximate surface area is 53.6 Å². The van der Waals surface area contributed by atoms with Gasteiger partial charge < -0.3 is 5.73 Å². The molecule has 0 saturated carbocycles. The molecule has 0 aliphatic carbocycles. The number of rotatable bonds is 0. The van der Waals surface area contributed by atoms with Crippen LogP contribution in [0.4, 0.5) is 0 Å². The summed E-state index contributed by atoms with van der Waals surface area (Å²) < 4.78 is 0. The fourth-order valence-electron chi connectivity index (χ4n) is 0.625. The van der Waals surface area contributed by atoms with Gasteiger partial charge in [-0.2, -0.15) is 0 Å². The van der Waals surface area contributed by atoms with Gasteiger partial charge in [0.2, 0.25) is 0 Å². The van der Waals surface area contributed by atoms with Crippen molar-refractivity contribution in [1.82, 2.24) is 0 Å². The van der Waals surface area contributed by atoms with Gasteiger partial charge in [-0.05, 0) is 6.92 Å². The van der Waals surface area contributed by atoms with Crippen LogP contribution in [0, 0.1) is 0 Å². The summed E-state index contributed by atoms with van der Waals surface area (Å²) in [7, 11) is 0. The third-order valence-corrected chi connectivity index (χ3v) is 2.43. The molecule has 0 aromatic carbocycles. The average Bonchev–Trinajstić information content (AvgIpc) is 1.85. The van der Waals surface area contributed by atoms with Crippen molar-refractivity contribution in [2.75, 3.05) is 0 Å². The van der Waals surface area contributed by atoms with Gasteiger partial charge in [0.05, 0.1) is 6.04 Å². The van der Waals surface area contributed by atoms with Crippen molar-refractivity contribution in [3.8, 4) is 0 Å². The highest BCUT2D eigenvalue weighted by Gasteiger charge is 2.19. The molecule has 0 aromatic heterocycles. The largest absolute Gasteiger partial charge is 0.379 e. The second-order valence-electron chi connectivity index (χ2n) is 2.03. The van der Waals surface area contributed by atoms with Crippen LogP contribution >= 0.6 is 11.8 Å². The molecule has 3 heteroatoms. The van der Waals surface area contributed by atoms with E-state index in [9.17, 15) is 0 Å². The van der Waals surface area contributed by atoms with Gasteiger partial charge in [-0.15, -0.1) is 0 Å². The molecule has 1 aliphatic rings. The summed E-state index contributed by atoms with van der Waals surface area (Å²) in [6, 6.07) is 0.417. The highest BCUT2D eigenvalue weighted by Crippen LogP contribution is 2.23. The molecule has 2 atom stereocenters. The Kier molecular flexibility index (Phi) is 1.47. The van der Waals surface area contributed by atoms with E-state index in [1.165, 1.54) is 0 Å². The summed E-state index contributed by atoms with van der Waals surface area (Å²) in [6.07, 6.45) is 0. The molecule has 0 bridgehead atoms. The van der Waals surface area contributed by atoms with Gasteiger partial charge in [0.1, 0.15) is 0 Å². The molecule has 0 aromatic rings. The maximum absolute atomic E-state index is 5.43. The summed E-state index contributed by atoms with van der Waals surface area (Å²) in [5.74, 6) is 0. The lowest BCUT2D eigenvalue weighted by atomic mass is 10.3. The van der Waals surface area contributed by atoms with E-state index in [-0.39, 0.29) is 0 Å². The standard InChI is InChI=1S/C5H10N2S/c1-3-4(2)8-5(6)7-3/h3-4H,1-2H3,(H2,6,7)/t3-,4-/m1/s1. The summed E-state index contributed by atoms with van der Waals surface area (Å²) in [6.45, 7) is 4.22. The Morgan fingerprint density at radius 1 is 1.62 bits per heavy atom. The number of hydrogen-bond donors (Lipinski definition) is 1. The SMILES string of the molecule is C[C@H]1N=C(N)S[C@@H]1C. The minimum atomic E-state index is 0.417. The van der Waals surface area contributed by atoms with Crippen LogP contribution in [0.2, 0.25) is 0 Å². The molecule has 0 spiro atoms. The van der Waals surface area contributed by atoms with Crippen molar-refractivity contribution in [2.24, 2.45) is 10.7 Å². The fraction of sp³-hybridized carbons (Fsp3) is 0.800. The number of nitrogens with zero attached hydrogens (tertiary/aromatic N) is 1. The second kappa shape index (κ2) is 1.97. The minimum Gasteiger partial charge on any atom is -0.379 e. The van der Waals surface area contributed by atoms with Crippen molar-refractivity contribution < 1.29 is 0 Å². The Balaban J connectivity index is 2.56. The van der Waals surface area contributed by atoms with E-state index in [0.717, 1.165) is 5.17 Å². The summed E-state index contributed by atoms with van der Waals surface area (Å²) in [5, 5.41) is 1.32. The first kappa shape index (κ1) is 5.95. The van der Waals surface area contributed by atoms with Crippen molar-refractivity contribution in [2.45, 2.75) is 25.1 Å². The van der Waals surface area contributed by atoms with Crippen LogP contribution in [-0.4, -0.2) is 16.5 Å². The number of aliphatic imine (C=N–C) groups is 1. The molecule has 0 amide bonds. The lowest BCUT2D eigenvalue weighted by Crippen LogP contribution is -2.07. The van der Waals surface area contributed by atoms with Gasteiger partial charge in [-0.3, -0.25) is 4.99 Å². The van der Waals surface area contributed by atoms with Gasteiger partial charge in [0, 0.05) is 5.25 Å². The molecule has 0 saturated heterocycles. The van der Waals surface area contributed by atoms with Crippen LogP contribution in [-0.2, 0) is 0 Å². The molecular formula is C5H10N2S. The van der Waals surface area contributed by atoms with E-state index in [0.29, 0.717) is 11.3 Å². The normalized spacial score (nSPS) is 37.5. The zero-order valence-electron chi connectivity index (χ0n) is 5.09. The van der Waals surface area contributed by atoms with Crippen LogP contribution in [0.25, 0.3) is 0 Å². The van der Waals surface area contributed by atoms with Gasteiger partial charge >= 0.3 is 0 Å². The van der Waals surface area contributed by atoms with E-state index in [1.807, 2.05) is 0 Å². The van der Waals surface area contributed by atoms with E-state index in [1.54, 1.807) is 11.8 Å². The molecule has 0 fully saturated rings. The summed E-state index contributed by atoms with van der Waals surface area (Å²) >= 11 is 1.66. The molecule has 0 radical (unpaired) electrons. The molecule has 46 valence electrons.